The molecule has 0 unspecified atom stereocenters. The summed E-state index contributed by atoms with van der Waals surface area (Å²) in [5.74, 6) is 1.57. The van der Waals surface area contributed by atoms with Crippen molar-refractivity contribution in [1.82, 2.24) is 4.98 Å². The van der Waals surface area contributed by atoms with Crippen LogP contribution in [0.4, 0.5) is 5.82 Å². The van der Waals surface area contributed by atoms with E-state index in [0.717, 1.165) is 40.6 Å². The second kappa shape index (κ2) is 6.35. The fourth-order valence-electron chi connectivity index (χ4n) is 3.21. The number of carbonyl (C=O) groups is 1. The Bertz CT molecular complexity index is 763. The highest BCUT2D eigenvalue weighted by Crippen LogP contribution is 2.36. The number of amides is 1. The first-order chi connectivity index (χ1) is 11.0. The van der Waals surface area contributed by atoms with Gasteiger partial charge in [-0.1, -0.05) is 6.92 Å². The highest BCUT2D eigenvalue weighted by Gasteiger charge is 2.22. The molecule has 0 radical (unpaired) electrons. The number of fused-ring (bicyclic) bond motifs is 1. The molecule has 0 spiro atoms. The minimum atomic E-state index is -0.499. The lowest BCUT2D eigenvalue weighted by molar-refractivity contribution is 0.0997. The Hall–Kier alpha value is -1.82. The molecule has 5 nitrogen and oxygen atoms in total. The summed E-state index contributed by atoms with van der Waals surface area (Å²) >= 11 is 3.52. The summed E-state index contributed by atoms with van der Waals surface area (Å²) in [6.07, 6.45) is 4.20. The van der Waals surface area contributed by atoms with Crippen molar-refractivity contribution < 1.29 is 9.53 Å². The second-order valence-corrected chi connectivity index (χ2v) is 6.94. The monoisotopic (exact) mass is 377 g/mol. The maximum absolute atomic E-state index is 11.7. The predicted molar refractivity (Wildman–Crippen MR) is 95.1 cm³/mol. The van der Waals surface area contributed by atoms with Crippen molar-refractivity contribution in [2.45, 2.75) is 19.8 Å². The van der Waals surface area contributed by atoms with Gasteiger partial charge in [0, 0.05) is 34.5 Å². The number of methoxy groups -OCH3 is 1. The Kier molecular flexibility index (Phi) is 4.43. The van der Waals surface area contributed by atoms with Crippen LogP contribution >= 0.6 is 15.9 Å². The molecule has 1 atom stereocenters. The number of nitrogens with zero attached hydrogens (tertiary/aromatic N) is 2. The van der Waals surface area contributed by atoms with Gasteiger partial charge in [-0.3, -0.25) is 4.79 Å². The van der Waals surface area contributed by atoms with E-state index in [0.29, 0.717) is 17.2 Å². The predicted octanol–water partition coefficient (Wildman–Crippen LogP) is 3.34. The molecule has 122 valence electrons. The highest BCUT2D eigenvalue weighted by molar-refractivity contribution is 9.10. The van der Waals surface area contributed by atoms with Crippen LogP contribution in [0.2, 0.25) is 0 Å². The van der Waals surface area contributed by atoms with Crippen molar-refractivity contribution in [3.63, 3.8) is 0 Å². The number of primary amides is 1. The number of hydrogen-bond donors (Lipinski definition) is 1. The largest absolute Gasteiger partial charge is 0.496 e. The van der Waals surface area contributed by atoms with E-state index in [1.54, 1.807) is 19.4 Å². The molecule has 3 rings (SSSR count). The first-order valence-corrected chi connectivity index (χ1v) is 8.51. The number of anilines is 1. The van der Waals surface area contributed by atoms with Gasteiger partial charge >= 0.3 is 0 Å². The van der Waals surface area contributed by atoms with E-state index in [1.165, 1.54) is 6.42 Å². The molecule has 2 heterocycles. The van der Waals surface area contributed by atoms with Gasteiger partial charge in [0.25, 0.3) is 5.91 Å². The van der Waals surface area contributed by atoms with Crippen LogP contribution in [0.15, 0.2) is 22.8 Å². The van der Waals surface area contributed by atoms with Crippen molar-refractivity contribution in [2.75, 3.05) is 25.1 Å². The zero-order valence-corrected chi connectivity index (χ0v) is 14.9. The average Bonchev–Trinajstić information content (AvgIpc) is 2.54. The number of aromatic nitrogens is 1. The number of piperidine rings is 1. The number of rotatable bonds is 3. The topological polar surface area (TPSA) is 68.4 Å². The van der Waals surface area contributed by atoms with Gasteiger partial charge in [0.1, 0.15) is 11.6 Å². The highest BCUT2D eigenvalue weighted by atomic mass is 79.9. The summed E-state index contributed by atoms with van der Waals surface area (Å²) in [4.78, 5) is 18.6. The molecule has 2 N–H and O–H groups in total. The third-order valence-corrected chi connectivity index (χ3v) is 4.99. The van der Waals surface area contributed by atoms with E-state index in [2.05, 4.69) is 32.7 Å². The van der Waals surface area contributed by atoms with Gasteiger partial charge in [0.05, 0.1) is 12.7 Å². The molecule has 1 fully saturated rings. The number of hydrogen-bond acceptors (Lipinski definition) is 4. The van der Waals surface area contributed by atoms with Crippen LogP contribution in [0.5, 0.6) is 5.75 Å². The summed E-state index contributed by atoms with van der Waals surface area (Å²) in [5, 5.41) is 1.89. The summed E-state index contributed by atoms with van der Waals surface area (Å²) in [6, 6.07) is 3.64. The number of pyridine rings is 1. The van der Waals surface area contributed by atoms with E-state index in [-0.39, 0.29) is 0 Å². The van der Waals surface area contributed by atoms with Gasteiger partial charge in [-0.05, 0) is 46.8 Å². The number of nitrogens with two attached hydrogens (primary N) is 1. The van der Waals surface area contributed by atoms with E-state index in [4.69, 9.17) is 10.5 Å². The lowest BCUT2D eigenvalue weighted by Crippen LogP contribution is -2.34. The molecule has 0 aliphatic carbocycles. The van der Waals surface area contributed by atoms with Crippen molar-refractivity contribution in [3.8, 4) is 5.75 Å². The van der Waals surface area contributed by atoms with Crippen molar-refractivity contribution >= 4 is 38.4 Å². The second-order valence-electron chi connectivity index (χ2n) is 6.09. The first kappa shape index (κ1) is 16.1. The number of carbonyl (C=O) groups excluding carboxylic acids is 1. The van der Waals surface area contributed by atoms with Crippen molar-refractivity contribution in [1.29, 1.82) is 0 Å². The Morgan fingerprint density at radius 3 is 2.87 bits per heavy atom. The first-order valence-electron chi connectivity index (χ1n) is 7.72. The Balaban J connectivity index is 2.19. The molecular weight excluding hydrogens is 358 g/mol. The lowest BCUT2D eigenvalue weighted by Gasteiger charge is -2.32. The molecular formula is C17H20BrN3O2. The maximum Gasteiger partial charge on any atom is 0.252 e. The zero-order valence-electron chi connectivity index (χ0n) is 13.3. The summed E-state index contributed by atoms with van der Waals surface area (Å²) < 4.78 is 6.19. The number of ether oxygens (including phenoxy) is 1. The molecule has 1 aromatic heterocycles. The molecule has 2 aromatic rings. The van der Waals surface area contributed by atoms with E-state index >= 15 is 0 Å². The van der Waals surface area contributed by atoms with Crippen LogP contribution in [0.1, 0.15) is 30.1 Å². The number of halogens is 1. The zero-order chi connectivity index (χ0) is 16.6. The third kappa shape index (κ3) is 3.00. The van der Waals surface area contributed by atoms with Crippen LogP contribution in [0.3, 0.4) is 0 Å². The SMILES string of the molecule is COc1cc2c(N3CCC[C@H](C)C3)ncc(Br)c2cc1C(N)=O. The summed E-state index contributed by atoms with van der Waals surface area (Å²) in [5.41, 5.74) is 5.85. The van der Waals surface area contributed by atoms with Crippen LogP contribution in [0.25, 0.3) is 10.8 Å². The quantitative estimate of drug-likeness (QED) is 0.890. The van der Waals surface area contributed by atoms with Crippen LogP contribution in [-0.2, 0) is 0 Å². The summed E-state index contributed by atoms with van der Waals surface area (Å²) in [7, 11) is 1.54. The lowest BCUT2D eigenvalue weighted by atomic mass is 9.99. The summed E-state index contributed by atoms with van der Waals surface area (Å²) in [6.45, 7) is 4.25. The molecule has 1 aromatic carbocycles. The average molecular weight is 378 g/mol. The maximum atomic E-state index is 11.7. The van der Waals surface area contributed by atoms with Gasteiger partial charge in [-0.2, -0.15) is 0 Å². The van der Waals surface area contributed by atoms with Crippen LogP contribution < -0.4 is 15.4 Å². The smallest absolute Gasteiger partial charge is 0.252 e. The van der Waals surface area contributed by atoms with Gasteiger partial charge in [-0.25, -0.2) is 4.98 Å². The van der Waals surface area contributed by atoms with E-state index < -0.39 is 5.91 Å². The van der Waals surface area contributed by atoms with Crippen molar-refractivity contribution in [2.24, 2.45) is 11.7 Å². The molecule has 0 saturated carbocycles. The molecule has 1 saturated heterocycles. The van der Waals surface area contributed by atoms with Crippen LogP contribution in [-0.4, -0.2) is 31.1 Å². The standard InChI is InChI=1S/C17H20BrN3O2/c1-10-4-3-5-21(9-10)17-12-7-15(23-2)13(16(19)22)6-11(12)14(18)8-20-17/h6-8,10H,3-5,9H2,1-2H3,(H2,19,22)/t10-/m0/s1. The Morgan fingerprint density at radius 1 is 1.43 bits per heavy atom. The Morgan fingerprint density at radius 2 is 2.22 bits per heavy atom. The Labute approximate surface area is 143 Å². The third-order valence-electron chi connectivity index (χ3n) is 4.36. The van der Waals surface area contributed by atoms with E-state index in [1.807, 2.05) is 6.07 Å². The molecule has 1 aliphatic heterocycles. The van der Waals surface area contributed by atoms with E-state index in [9.17, 15) is 4.79 Å². The fraction of sp³-hybridized carbons (Fsp3) is 0.412. The van der Waals surface area contributed by atoms with Crippen LogP contribution in [0, 0.1) is 5.92 Å². The van der Waals surface area contributed by atoms with Gasteiger partial charge in [0.15, 0.2) is 0 Å². The molecule has 6 heteroatoms. The minimum absolute atomic E-state index is 0.380. The minimum Gasteiger partial charge on any atom is -0.496 e. The normalized spacial score (nSPS) is 18.2. The van der Waals surface area contributed by atoms with Crippen molar-refractivity contribution in [3.05, 3.63) is 28.4 Å². The molecule has 1 amide bonds. The van der Waals surface area contributed by atoms with Gasteiger partial charge in [-0.15, -0.1) is 0 Å². The molecule has 23 heavy (non-hydrogen) atoms. The number of benzene rings is 1. The van der Waals surface area contributed by atoms with Gasteiger partial charge in [0.2, 0.25) is 0 Å². The van der Waals surface area contributed by atoms with Gasteiger partial charge < -0.3 is 15.4 Å². The fourth-order valence-corrected chi connectivity index (χ4v) is 3.64. The molecule has 0 bridgehead atoms. The molecule has 1 aliphatic rings.